The minimum atomic E-state index is -4.43. The van der Waals surface area contributed by atoms with Gasteiger partial charge in [0.15, 0.2) is 23.1 Å². The number of hydrogen-bond acceptors (Lipinski definition) is 10. The van der Waals surface area contributed by atoms with Crippen molar-refractivity contribution in [1.82, 2.24) is 44.9 Å². The van der Waals surface area contributed by atoms with Gasteiger partial charge in [-0.1, -0.05) is 297 Å². The quantitative estimate of drug-likeness (QED) is 0.0502. The molecule has 0 bridgehead atoms. The molecule has 0 aliphatic carbocycles. The Balaban J connectivity index is 0.000000120. The number of pyridine rings is 3. The maximum atomic E-state index is 14.1. The van der Waals surface area contributed by atoms with E-state index >= 15 is 0 Å². The van der Waals surface area contributed by atoms with Crippen LogP contribution in [0.3, 0.4) is 0 Å². The average Bonchev–Trinajstić information content (AvgIpc) is 0.735. The first-order valence-electron chi connectivity index (χ1n) is 44.6. The number of benzene rings is 18. The largest absolute Gasteiger partial charge is 0.416 e. The molecule has 0 unspecified atom stereocenters. The summed E-state index contributed by atoms with van der Waals surface area (Å²) in [6.45, 7) is 9.19. The fourth-order valence-corrected chi connectivity index (χ4v) is 18.4. The van der Waals surface area contributed by atoms with Crippen molar-refractivity contribution in [2.75, 3.05) is 0 Å². The van der Waals surface area contributed by atoms with E-state index < -0.39 is 29.2 Å². The SMILES string of the molecule is Cc1cc(-c2cccc(-c3nc4ccccc4c4c3ccc3nc(-c5ccccc5)c(-c5ccccc5)nc34)c2)cc(C(F)(F)F)c1.Fc1cc(-c2cccc(-c3nc4ccccc4c4c3ccc3nc(-c5ccccc5)c(-c5ccccc5)nc34)c2)cc(F)c1F.[C-]#[N+]c1cc(C#N)cc(-c2cccc(-c3nc4ccccc4c4c3ccc3nc(-c5ccccc5)c(-c5ccccc5)nc34)c2)c1. The van der Waals surface area contributed by atoms with Crippen molar-refractivity contribution < 1.29 is 26.3 Å². The maximum absolute atomic E-state index is 14.1. The molecule has 652 valence electrons. The van der Waals surface area contributed by atoms with Crippen LogP contribution >= 0.6 is 0 Å². The van der Waals surface area contributed by atoms with Crippen LogP contribution in [0.5, 0.6) is 0 Å². The van der Waals surface area contributed by atoms with Gasteiger partial charge in [-0.25, -0.2) is 62.9 Å². The first kappa shape index (κ1) is 85.1. The molecular weight excluding hydrogens is 1720 g/mol. The van der Waals surface area contributed by atoms with E-state index in [1.54, 1.807) is 31.2 Å². The minimum absolute atomic E-state index is 0.232. The van der Waals surface area contributed by atoms with Gasteiger partial charge < -0.3 is 0 Å². The zero-order valence-corrected chi connectivity index (χ0v) is 73.4. The van der Waals surface area contributed by atoms with Gasteiger partial charge in [-0.05, 0) is 161 Å². The van der Waals surface area contributed by atoms with Crippen LogP contribution < -0.4 is 0 Å². The van der Waals surface area contributed by atoms with Crippen LogP contribution in [0.25, 0.3) is 238 Å². The molecule has 6 aromatic heterocycles. The molecule has 0 amide bonds. The van der Waals surface area contributed by atoms with E-state index in [0.29, 0.717) is 39.2 Å². The molecular formula is C121H71F6N11. The molecule has 0 aliphatic rings. The molecule has 0 saturated heterocycles. The summed E-state index contributed by atoms with van der Waals surface area (Å²) in [4.78, 5) is 50.6. The first-order valence-corrected chi connectivity index (χ1v) is 44.6. The van der Waals surface area contributed by atoms with Gasteiger partial charge in [0.1, 0.15) is 0 Å². The molecule has 0 spiro atoms. The van der Waals surface area contributed by atoms with Crippen molar-refractivity contribution in [2.45, 2.75) is 13.1 Å². The summed E-state index contributed by atoms with van der Waals surface area (Å²) in [5.74, 6) is -3.96. The lowest BCUT2D eigenvalue weighted by atomic mass is 9.95. The summed E-state index contributed by atoms with van der Waals surface area (Å²) in [7, 11) is 0. The Bertz CT molecular complexity index is 9020. The molecule has 0 saturated carbocycles. The Morgan fingerprint density at radius 2 is 0.529 bits per heavy atom. The second-order valence-electron chi connectivity index (χ2n) is 33.5. The van der Waals surface area contributed by atoms with Gasteiger partial charge in [-0.15, -0.1) is 0 Å². The smallest absolute Gasteiger partial charge is 0.247 e. The van der Waals surface area contributed by atoms with Crippen molar-refractivity contribution in [3.63, 3.8) is 0 Å². The Hall–Kier alpha value is -18.5. The lowest BCUT2D eigenvalue weighted by Crippen LogP contribution is -2.05. The summed E-state index contributed by atoms with van der Waals surface area (Å²) in [6.07, 6.45) is -4.43. The Kier molecular flexibility index (Phi) is 22.1. The van der Waals surface area contributed by atoms with E-state index in [4.69, 9.17) is 51.4 Å². The summed E-state index contributed by atoms with van der Waals surface area (Å²) in [5.41, 5.74) is 26.8. The van der Waals surface area contributed by atoms with Crippen molar-refractivity contribution in [3.8, 4) is 141 Å². The predicted molar refractivity (Wildman–Crippen MR) is 543 cm³/mol. The van der Waals surface area contributed by atoms with Crippen molar-refractivity contribution in [3.05, 3.63) is 458 Å². The second-order valence-corrected chi connectivity index (χ2v) is 33.5. The first-order chi connectivity index (χ1) is 67.6. The molecule has 17 heteroatoms. The standard InChI is InChI=1S/C41H26F3N3.C41H23N5.C39H22F3N3/c1-25-21-30(24-31(22-25)41(42,43)44)28-15-10-16-29(23-28)37-33-19-20-35-40(36(33)32-17-8-9-18-34(32)45-37)47-39(27-13-6-3-7-14-27)38(46-35)26-11-4-2-5-12-26;1-43-32-22-26(25-42)21-31(24-32)29-15-10-16-30(23-29)38-34-19-20-36-41(37(34)33-17-8-9-18-35(33)44-38)46-40(28-13-6-3-7-14-28)39(45-36)27-11-4-2-5-12-27;40-30-21-27(22-31(41)35(30)42)25-14-9-15-26(20-25)36-29-18-19-33-39(34(29)28-16-7-8-17-32(28)43-36)45-38(24-12-5-2-6-13-24)37(44-33)23-10-3-1-4-11-23/h2-24H,1H3;2-24H;1-22H. The van der Waals surface area contributed by atoms with Gasteiger partial charge in [0.05, 0.1) is 119 Å². The highest BCUT2D eigenvalue weighted by Crippen LogP contribution is 2.47. The molecule has 138 heavy (non-hydrogen) atoms. The predicted octanol–water partition coefficient (Wildman–Crippen LogP) is 32.2. The molecule has 11 nitrogen and oxygen atoms in total. The summed E-state index contributed by atoms with van der Waals surface area (Å²) < 4.78 is 83.1. The van der Waals surface area contributed by atoms with Gasteiger partial charge in [-0.3, -0.25) is 0 Å². The highest BCUT2D eigenvalue weighted by Gasteiger charge is 2.32. The number of nitriles is 1. The number of aryl methyl sites for hydroxylation is 1. The third-order valence-corrected chi connectivity index (χ3v) is 24.7. The Labute approximate surface area is 787 Å². The van der Waals surface area contributed by atoms with Crippen molar-refractivity contribution in [2.24, 2.45) is 0 Å². The van der Waals surface area contributed by atoms with Crippen LogP contribution in [-0.4, -0.2) is 44.9 Å². The van der Waals surface area contributed by atoms with E-state index in [2.05, 4.69) is 53.4 Å². The van der Waals surface area contributed by atoms with E-state index in [1.165, 1.54) is 12.1 Å². The van der Waals surface area contributed by atoms with E-state index in [9.17, 15) is 31.6 Å². The molecule has 24 aromatic rings. The zero-order valence-electron chi connectivity index (χ0n) is 73.4. The number of halogens is 6. The molecule has 0 radical (unpaired) electrons. The van der Waals surface area contributed by atoms with Crippen LogP contribution in [0.2, 0.25) is 0 Å². The van der Waals surface area contributed by atoms with Gasteiger partial charge in [-0.2, -0.15) is 18.4 Å². The van der Waals surface area contributed by atoms with Gasteiger partial charge in [0, 0.05) is 104 Å². The summed E-state index contributed by atoms with van der Waals surface area (Å²) in [6, 6.07) is 133. The molecule has 0 N–H and O–H groups in total. The molecule has 6 heterocycles. The minimum Gasteiger partial charge on any atom is -0.247 e. The number of para-hydroxylation sites is 3. The van der Waals surface area contributed by atoms with E-state index in [1.807, 2.05) is 322 Å². The number of hydrogen-bond donors (Lipinski definition) is 0. The van der Waals surface area contributed by atoms with Crippen LogP contribution in [-0.2, 0) is 6.18 Å². The lowest BCUT2D eigenvalue weighted by molar-refractivity contribution is -0.137. The molecule has 0 atom stereocenters. The molecule has 18 aromatic carbocycles. The average molecular weight is 1790 g/mol. The number of fused-ring (bicyclic) bond motifs is 15. The van der Waals surface area contributed by atoms with Gasteiger partial charge >= 0.3 is 6.18 Å². The van der Waals surface area contributed by atoms with Crippen molar-refractivity contribution in [1.29, 1.82) is 5.26 Å². The zero-order chi connectivity index (χ0) is 93.7. The van der Waals surface area contributed by atoms with Gasteiger partial charge in [0.25, 0.3) is 0 Å². The fourth-order valence-electron chi connectivity index (χ4n) is 18.4. The van der Waals surface area contributed by atoms with Crippen LogP contribution in [0.1, 0.15) is 16.7 Å². The normalized spacial score (nSPS) is 11.4. The fraction of sp³-hybridized carbons (Fsp3) is 0.0165. The highest BCUT2D eigenvalue weighted by atomic mass is 19.4. The second kappa shape index (κ2) is 35.9. The number of aromatic nitrogens is 9. The van der Waals surface area contributed by atoms with Crippen LogP contribution in [0, 0.1) is 42.3 Å². The van der Waals surface area contributed by atoms with Crippen LogP contribution in [0.15, 0.2) is 413 Å². The lowest BCUT2D eigenvalue weighted by Gasteiger charge is -2.15. The number of alkyl halides is 3. The molecule has 0 aliphatic heterocycles. The van der Waals surface area contributed by atoms with E-state index in [0.717, 1.165) is 217 Å². The van der Waals surface area contributed by atoms with E-state index in [-0.39, 0.29) is 5.56 Å². The molecule has 24 rings (SSSR count). The van der Waals surface area contributed by atoms with Gasteiger partial charge in [0.2, 0.25) is 0 Å². The highest BCUT2D eigenvalue weighted by molar-refractivity contribution is 6.24. The third-order valence-electron chi connectivity index (χ3n) is 24.7. The Morgan fingerprint density at radius 1 is 0.246 bits per heavy atom. The van der Waals surface area contributed by atoms with Crippen molar-refractivity contribution >= 4 is 104 Å². The van der Waals surface area contributed by atoms with Crippen LogP contribution in [0.4, 0.5) is 32.0 Å². The monoisotopic (exact) mass is 1790 g/mol. The Morgan fingerprint density at radius 3 is 0.848 bits per heavy atom. The summed E-state index contributed by atoms with van der Waals surface area (Å²) >= 11 is 0. The topological polar surface area (TPSA) is 144 Å². The summed E-state index contributed by atoms with van der Waals surface area (Å²) in [5, 5.41) is 18.0. The maximum Gasteiger partial charge on any atom is 0.416 e. The number of nitrogens with zero attached hydrogens (tertiary/aromatic N) is 11. The number of rotatable bonds is 12. The third kappa shape index (κ3) is 16.2. The molecule has 0 fully saturated rings.